The summed E-state index contributed by atoms with van der Waals surface area (Å²) in [5.74, 6) is -0.638. The number of aryl methyl sites for hydroxylation is 1. The Balaban J connectivity index is 1.79. The summed E-state index contributed by atoms with van der Waals surface area (Å²) in [7, 11) is 0. The Hall–Kier alpha value is -2.54. The number of likely N-dealkylation sites (tertiary alicyclic amines) is 1. The fraction of sp³-hybridized carbons (Fsp3) is 0.353. The molecule has 7 nitrogen and oxygen atoms in total. The van der Waals surface area contributed by atoms with Crippen molar-refractivity contribution in [1.82, 2.24) is 4.90 Å². The maximum atomic E-state index is 12.3. The van der Waals surface area contributed by atoms with Crippen molar-refractivity contribution in [2.24, 2.45) is 5.73 Å². The molecule has 1 aromatic heterocycles. The average Bonchev–Trinajstić information content (AvgIpc) is 3.03. The first-order valence-corrected chi connectivity index (χ1v) is 8.20. The normalized spacial score (nSPS) is 17.0. The first kappa shape index (κ1) is 17.3. The number of rotatable bonds is 4. The Bertz CT molecular complexity index is 908. The number of hydrogen-bond acceptors (Lipinski definition) is 5. The number of hydrogen-bond donors (Lipinski definition) is 1. The monoisotopic (exact) mass is 364 g/mol. The summed E-state index contributed by atoms with van der Waals surface area (Å²) < 4.78 is 10.6. The van der Waals surface area contributed by atoms with Gasteiger partial charge in [0.05, 0.1) is 5.02 Å². The summed E-state index contributed by atoms with van der Waals surface area (Å²) in [5.41, 5.74) is 5.90. The van der Waals surface area contributed by atoms with Crippen molar-refractivity contribution < 1.29 is 18.7 Å². The van der Waals surface area contributed by atoms with Gasteiger partial charge < -0.3 is 19.8 Å². The van der Waals surface area contributed by atoms with Gasteiger partial charge in [-0.25, -0.2) is 4.79 Å². The zero-order valence-corrected chi connectivity index (χ0v) is 14.3. The van der Waals surface area contributed by atoms with Crippen molar-refractivity contribution in [1.29, 1.82) is 0 Å². The van der Waals surface area contributed by atoms with E-state index in [-0.39, 0.29) is 18.3 Å². The SMILES string of the molecule is Cc1cc(=O)oc2cc(OCC(=O)N3CCC[C@@H]3C(N)=O)c(Cl)cc12. The molecule has 0 spiro atoms. The van der Waals surface area contributed by atoms with E-state index >= 15 is 0 Å². The lowest BCUT2D eigenvalue weighted by molar-refractivity contribution is -0.138. The van der Waals surface area contributed by atoms with Crippen LogP contribution in [0.2, 0.25) is 5.02 Å². The van der Waals surface area contributed by atoms with E-state index in [0.29, 0.717) is 29.0 Å². The number of nitrogens with two attached hydrogens (primary N) is 1. The topological polar surface area (TPSA) is 103 Å². The maximum absolute atomic E-state index is 12.3. The van der Waals surface area contributed by atoms with Crippen LogP contribution >= 0.6 is 11.6 Å². The van der Waals surface area contributed by atoms with E-state index in [1.807, 2.05) is 0 Å². The first-order chi connectivity index (χ1) is 11.9. The summed E-state index contributed by atoms with van der Waals surface area (Å²) in [5, 5.41) is 0.988. The van der Waals surface area contributed by atoms with Gasteiger partial charge in [0.2, 0.25) is 5.91 Å². The number of fused-ring (bicyclic) bond motifs is 1. The molecule has 1 saturated heterocycles. The highest BCUT2D eigenvalue weighted by Gasteiger charge is 2.32. The summed E-state index contributed by atoms with van der Waals surface area (Å²) >= 11 is 6.19. The van der Waals surface area contributed by atoms with Crippen LogP contribution in [-0.2, 0) is 9.59 Å². The molecule has 2 aromatic rings. The molecule has 0 saturated carbocycles. The Morgan fingerprint density at radius 2 is 2.16 bits per heavy atom. The number of halogens is 1. The third-order valence-electron chi connectivity index (χ3n) is 4.26. The van der Waals surface area contributed by atoms with Crippen LogP contribution in [0, 0.1) is 6.92 Å². The molecule has 0 radical (unpaired) electrons. The van der Waals surface area contributed by atoms with Gasteiger partial charge in [0.1, 0.15) is 17.4 Å². The van der Waals surface area contributed by atoms with Gasteiger partial charge in [-0.1, -0.05) is 11.6 Å². The van der Waals surface area contributed by atoms with E-state index in [9.17, 15) is 14.4 Å². The molecule has 0 unspecified atom stereocenters. The van der Waals surface area contributed by atoms with Gasteiger partial charge in [0.15, 0.2) is 6.61 Å². The molecule has 8 heteroatoms. The highest BCUT2D eigenvalue weighted by Crippen LogP contribution is 2.31. The molecule has 1 aliphatic heterocycles. The van der Waals surface area contributed by atoms with E-state index in [1.54, 1.807) is 13.0 Å². The molecule has 25 heavy (non-hydrogen) atoms. The molecule has 1 aromatic carbocycles. The lowest BCUT2D eigenvalue weighted by Crippen LogP contribution is -2.45. The fourth-order valence-corrected chi connectivity index (χ4v) is 3.23. The molecule has 0 aliphatic carbocycles. The second-order valence-electron chi connectivity index (χ2n) is 5.96. The predicted octanol–water partition coefficient (Wildman–Crippen LogP) is 1.61. The van der Waals surface area contributed by atoms with Gasteiger partial charge in [0, 0.05) is 24.1 Å². The molecule has 2 heterocycles. The number of nitrogens with zero attached hydrogens (tertiary/aromatic N) is 1. The van der Waals surface area contributed by atoms with Crippen LogP contribution in [0.25, 0.3) is 11.0 Å². The van der Waals surface area contributed by atoms with Crippen LogP contribution in [0.15, 0.2) is 27.4 Å². The molecule has 1 atom stereocenters. The van der Waals surface area contributed by atoms with Crippen molar-refractivity contribution in [2.75, 3.05) is 13.2 Å². The largest absolute Gasteiger partial charge is 0.482 e. The maximum Gasteiger partial charge on any atom is 0.336 e. The predicted molar refractivity (Wildman–Crippen MR) is 91.7 cm³/mol. The Morgan fingerprint density at radius 3 is 2.88 bits per heavy atom. The number of carbonyl (C=O) groups excluding carboxylic acids is 2. The number of carbonyl (C=O) groups is 2. The second-order valence-corrected chi connectivity index (χ2v) is 6.37. The smallest absolute Gasteiger partial charge is 0.336 e. The van der Waals surface area contributed by atoms with Gasteiger partial charge in [-0.05, 0) is 31.4 Å². The van der Waals surface area contributed by atoms with Gasteiger partial charge >= 0.3 is 5.63 Å². The molecular formula is C17H17ClN2O5. The lowest BCUT2D eigenvalue weighted by Gasteiger charge is -2.22. The minimum Gasteiger partial charge on any atom is -0.482 e. The molecular weight excluding hydrogens is 348 g/mol. The zero-order valence-electron chi connectivity index (χ0n) is 13.6. The quantitative estimate of drug-likeness (QED) is 0.830. The van der Waals surface area contributed by atoms with E-state index in [2.05, 4.69) is 0 Å². The molecule has 0 bridgehead atoms. The Morgan fingerprint density at radius 1 is 1.40 bits per heavy atom. The molecule has 132 valence electrons. The van der Waals surface area contributed by atoms with Crippen molar-refractivity contribution in [3.05, 3.63) is 39.2 Å². The molecule has 3 rings (SSSR count). The van der Waals surface area contributed by atoms with Gasteiger partial charge in [-0.3, -0.25) is 9.59 Å². The zero-order chi connectivity index (χ0) is 18.1. The van der Waals surface area contributed by atoms with E-state index in [4.69, 9.17) is 26.5 Å². The highest BCUT2D eigenvalue weighted by molar-refractivity contribution is 6.32. The van der Waals surface area contributed by atoms with Crippen LogP contribution < -0.4 is 16.1 Å². The molecule has 2 N–H and O–H groups in total. The lowest BCUT2D eigenvalue weighted by atomic mass is 10.1. The van der Waals surface area contributed by atoms with Crippen molar-refractivity contribution in [2.45, 2.75) is 25.8 Å². The van der Waals surface area contributed by atoms with E-state index in [1.165, 1.54) is 17.0 Å². The van der Waals surface area contributed by atoms with Crippen molar-refractivity contribution in [3.8, 4) is 5.75 Å². The third-order valence-corrected chi connectivity index (χ3v) is 4.55. The van der Waals surface area contributed by atoms with Crippen LogP contribution in [0.1, 0.15) is 18.4 Å². The Labute approximate surface area is 148 Å². The molecule has 1 aliphatic rings. The van der Waals surface area contributed by atoms with Gasteiger partial charge in [-0.15, -0.1) is 0 Å². The molecule has 2 amide bonds. The highest BCUT2D eigenvalue weighted by atomic mass is 35.5. The minimum absolute atomic E-state index is 0.228. The van der Waals surface area contributed by atoms with Crippen LogP contribution in [0.3, 0.4) is 0 Å². The number of primary amides is 1. The van der Waals surface area contributed by atoms with Crippen molar-refractivity contribution in [3.63, 3.8) is 0 Å². The number of ether oxygens (including phenoxy) is 1. The van der Waals surface area contributed by atoms with Gasteiger partial charge in [0.25, 0.3) is 5.91 Å². The van der Waals surface area contributed by atoms with Crippen molar-refractivity contribution >= 4 is 34.4 Å². The second kappa shape index (κ2) is 6.76. The Kier molecular flexibility index (Phi) is 4.67. The number of benzene rings is 1. The van der Waals surface area contributed by atoms with E-state index in [0.717, 1.165) is 12.0 Å². The first-order valence-electron chi connectivity index (χ1n) is 7.82. The average molecular weight is 365 g/mol. The summed E-state index contributed by atoms with van der Waals surface area (Å²) in [6.45, 7) is 1.96. The summed E-state index contributed by atoms with van der Waals surface area (Å²) in [6.07, 6.45) is 1.28. The van der Waals surface area contributed by atoms with Crippen LogP contribution in [0.4, 0.5) is 0 Å². The summed E-state index contributed by atoms with van der Waals surface area (Å²) in [4.78, 5) is 36.6. The van der Waals surface area contributed by atoms with Crippen LogP contribution in [0.5, 0.6) is 5.75 Å². The van der Waals surface area contributed by atoms with Gasteiger partial charge in [-0.2, -0.15) is 0 Å². The minimum atomic E-state index is -0.594. The fourth-order valence-electron chi connectivity index (χ4n) is 3.01. The molecule has 1 fully saturated rings. The third kappa shape index (κ3) is 3.46. The van der Waals surface area contributed by atoms with E-state index < -0.39 is 17.6 Å². The van der Waals surface area contributed by atoms with Crippen LogP contribution in [-0.4, -0.2) is 35.9 Å². The standard InChI is InChI=1S/C17H17ClN2O5/c1-9-5-16(22)25-13-7-14(11(18)6-10(9)13)24-8-15(21)20-4-2-3-12(20)17(19)23/h5-7,12H,2-4,8H2,1H3,(H2,19,23)/t12-/m1/s1. The summed E-state index contributed by atoms with van der Waals surface area (Å²) in [6, 6.07) is 3.88. The number of amides is 2.